The van der Waals surface area contributed by atoms with Crippen LogP contribution in [0, 0.1) is 0 Å². The molecule has 10 nitrogen and oxygen atoms in total. The third-order valence-electron chi connectivity index (χ3n) is 5.66. The fraction of sp³-hybridized carbons (Fsp3) is 0.250. The number of nitrogens with one attached hydrogen (secondary N) is 2. The summed E-state index contributed by atoms with van der Waals surface area (Å²) in [7, 11) is -0.268. The molecule has 0 bridgehead atoms. The van der Waals surface area contributed by atoms with Crippen molar-refractivity contribution in [3.63, 3.8) is 0 Å². The lowest BCUT2D eigenvalue weighted by Gasteiger charge is -2.48. The Morgan fingerprint density at radius 1 is 1.11 bits per heavy atom. The van der Waals surface area contributed by atoms with Crippen molar-refractivity contribution < 1.29 is 32.9 Å². The van der Waals surface area contributed by atoms with Gasteiger partial charge >= 0.3 is 12.1 Å². The third kappa shape index (κ3) is 4.80. The van der Waals surface area contributed by atoms with Crippen LogP contribution in [0.4, 0.5) is 4.79 Å². The zero-order valence-electron chi connectivity index (χ0n) is 18.7. The summed E-state index contributed by atoms with van der Waals surface area (Å²) < 4.78 is 23.9. The topological polar surface area (TPSA) is 131 Å². The average molecular weight is 498 g/mol. The van der Waals surface area contributed by atoms with E-state index in [4.69, 9.17) is 9.47 Å². The molecule has 2 N–H and O–H groups in total. The van der Waals surface area contributed by atoms with Crippen molar-refractivity contribution in [2.24, 2.45) is 0 Å². The zero-order chi connectivity index (χ0) is 24.9. The van der Waals surface area contributed by atoms with Crippen molar-refractivity contribution in [2.75, 3.05) is 19.4 Å². The Morgan fingerprint density at radius 2 is 1.71 bits per heavy atom. The molecule has 1 fully saturated rings. The van der Waals surface area contributed by atoms with Crippen LogP contribution in [0.5, 0.6) is 0 Å². The van der Waals surface area contributed by atoms with Crippen molar-refractivity contribution in [1.82, 2.24) is 15.5 Å². The number of ether oxygens (including phenoxy) is 2. The predicted octanol–water partition coefficient (Wildman–Crippen LogP) is 0.974. The number of carbonyl (C=O) groups is 4. The first kappa shape index (κ1) is 24.1. The summed E-state index contributed by atoms with van der Waals surface area (Å²) in [6, 6.07) is 17.2. The Kier molecular flexibility index (Phi) is 7.25. The van der Waals surface area contributed by atoms with Crippen molar-refractivity contribution in [3.05, 3.63) is 83.1 Å². The number of esters is 1. The highest BCUT2D eigenvalue weighted by molar-refractivity contribution is 7.86. The van der Waals surface area contributed by atoms with Crippen molar-refractivity contribution in [3.8, 4) is 0 Å². The van der Waals surface area contributed by atoms with Gasteiger partial charge in [-0.15, -0.1) is 0 Å². The quantitative estimate of drug-likeness (QED) is 0.316. The fourth-order valence-corrected chi connectivity index (χ4v) is 5.70. The standard InChI is InChI=1S/C24H23N3O7S/c1-25-24(31)33-12-17-13-35(32)22-18(26-14-28)21(29)27(22)19(17)23(30)34-20(15-8-4-2-5-9-15)16-10-6-3-7-11-16/h2-11,14,18,20,22H,12-13H2,1H3,(H,25,31)(H,26,28)/t18-,22-,35?/m1/s1. The van der Waals surface area contributed by atoms with Gasteiger partial charge in [0.05, 0.1) is 16.6 Å². The molecule has 0 spiro atoms. The number of alkyl carbamates (subject to hydrolysis) is 1. The lowest BCUT2D eigenvalue weighted by Crippen LogP contribution is -2.73. The van der Waals surface area contributed by atoms with Gasteiger partial charge in [-0.1, -0.05) is 60.7 Å². The summed E-state index contributed by atoms with van der Waals surface area (Å²) in [4.78, 5) is 50.0. The van der Waals surface area contributed by atoms with E-state index in [0.717, 1.165) is 4.90 Å². The van der Waals surface area contributed by atoms with Crippen LogP contribution in [0.1, 0.15) is 17.2 Å². The predicted molar refractivity (Wildman–Crippen MR) is 125 cm³/mol. The minimum atomic E-state index is -1.64. The lowest BCUT2D eigenvalue weighted by molar-refractivity contribution is -0.154. The molecule has 3 atom stereocenters. The number of benzene rings is 2. The average Bonchev–Trinajstić information content (AvgIpc) is 2.89. The van der Waals surface area contributed by atoms with E-state index in [0.29, 0.717) is 17.5 Å². The number of β-lactam (4-membered cyclic amide) rings is 1. The summed E-state index contributed by atoms with van der Waals surface area (Å²) in [5.41, 5.74) is 1.47. The van der Waals surface area contributed by atoms with Crippen molar-refractivity contribution >= 4 is 35.2 Å². The first-order valence-electron chi connectivity index (χ1n) is 10.7. The summed E-state index contributed by atoms with van der Waals surface area (Å²) in [5.74, 6) is -1.57. The summed E-state index contributed by atoms with van der Waals surface area (Å²) in [6.07, 6.45) is -1.19. The van der Waals surface area contributed by atoms with Gasteiger partial charge in [0.15, 0.2) is 6.10 Å². The summed E-state index contributed by atoms with van der Waals surface area (Å²) in [6.45, 7) is -0.362. The molecule has 1 saturated heterocycles. The Bertz CT molecular complexity index is 1150. The summed E-state index contributed by atoms with van der Waals surface area (Å²) >= 11 is 0. The number of carbonyl (C=O) groups excluding carboxylic acids is 4. The molecule has 0 aliphatic carbocycles. The van der Waals surface area contributed by atoms with E-state index in [1.54, 1.807) is 0 Å². The highest BCUT2D eigenvalue weighted by Crippen LogP contribution is 2.37. The molecular weight excluding hydrogens is 474 g/mol. The Morgan fingerprint density at radius 3 is 2.26 bits per heavy atom. The molecule has 0 aromatic heterocycles. The van der Waals surface area contributed by atoms with Crippen LogP contribution in [-0.2, 0) is 34.7 Å². The van der Waals surface area contributed by atoms with E-state index in [-0.39, 0.29) is 23.6 Å². The lowest BCUT2D eigenvalue weighted by atomic mass is 10.0. The zero-order valence-corrected chi connectivity index (χ0v) is 19.5. The minimum Gasteiger partial charge on any atom is -0.448 e. The molecular formula is C24H23N3O7S. The van der Waals surface area contributed by atoms with Crippen LogP contribution in [0.15, 0.2) is 71.9 Å². The maximum atomic E-state index is 13.6. The Hall–Kier alpha value is -3.99. The maximum absolute atomic E-state index is 13.6. The van der Waals surface area contributed by atoms with E-state index in [9.17, 15) is 23.4 Å². The van der Waals surface area contributed by atoms with Crippen LogP contribution in [0.3, 0.4) is 0 Å². The van der Waals surface area contributed by atoms with Crippen LogP contribution < -0.4 is 10.6 Å². The van der Waals surface area contributed by atoms with Gasteiger partial charge in [0.1, 0.15) is 23.7 Å². The van der Waals surface area contributed by atoms with E-state index < -0.39 is 46.3 Å². The maximum Gasteiger partial charge on any atom is 0.407 e. The molecule has 2 aromatic carbocycles. The van der Waals surface area contributed by atoms with Gasteiger partial charge in [-0.3, -0.25) is 18.7 Å². The smallest absolute Gasteiger partial charge is 0.407 e. The molecule has 2 aliphatic rings. The molecule has 35 heavy (non-hydrogen) atoms. The number of hydrogen-bond acceptors (Lipinski definition) is 7. The largest absolute Gasteiger partial charge is 0.448 e. The van der Waals surface area contributed by atoms with Gasteiger partial charge in [0.2, 0.25) is 6.41 Å². The molecule has 2 aliphatic heterocycles. The monoisotopic (exact) mass is 497 g/mol. The van der Waals surface area contributed by atoms with E-state index in [1.807, 2.05) is 60.7 Å². The SMILES string of the molecule is CNC(=O)OCC1=C(C(=O)OC(c2ccccc2)c2ccccc2)N2C(=O)[C@@H](NC=O)[C@H]2S(=O)C1. The van der Waals surface area contributed by atoms with Gasteiger partial charge < -0.3 is 20.1 Å². The van der Waals surface area contributed by atoms with Crippen LogP contribution in [0.25, 0.3) is 0 Å². The molecule has 2 aromatic rings. The first-order valence-corrected chi connectivity index (χ1v) is 12.1. The van der Waals surface area contributed by atoms with E-state index >= 15 is 0 Å². The van der Waals surface area contributed by atoms with Crippen molar-refractivity contribution in [1.29, 1.82) is 0 Å². The number of amides is 3. The van der Waals surface area contributed by atoms with Gasteiger partial charge in [-0.2, -0.15) is 0 Å². The molecule has 0 radical (unpaired) electrons. The molecule has 3 amide bonds. The highest BCUT2D eigenvalue weighted by atomic mass is 32.2. The molecule has 11 heteroatoms. The van der Waals surface area contributed by atoms with Crippen molar-refractivity contribution in [2.45, 2.75) is 17.5 Å². The molecule has 1 unspecified atom stereocenters. The summed E-state index contributed by atoms with van der Waals surface area (Å²) in [5, 5.41) is 3.72. The first-order chi connectivity index (χ1) is 17.0. The van der Waals surface area contributed by atoms with Gasteiger partial charge in [-0.25, -0.2) is 9.59 Å². The number of hydrogen-bond donors (Lipinski definition) is 2. The number of rotatable bonds is 8. The second kappa shape index (κ2) is 10.5. The van der Waals surface area contributed by atoms with E-state index in [1.165, 1.54) is 7.05 Å². The number of nitrogens with zero attached hydrogens (tertiary/aromatic N) is 1. The highest BCUT2D eigenvalue weighted by Gasteiger charge is 2.57. The second-order valence-corrected chi connectivity index (χ2v) is 9.30. The minimum absolute atomic E-state index is 0.131. The molecule has 4 rings (SSSR count). The molecule has 0 saturated carbocycles. The van der Waals surface area contributed by atoms with Crippen LogP contribution in [-0.4, -0.2) is 64.3 Å². The Labute approximate surface area is 203 Å². The number of fused-ring (bicyclic) bond motifs is 1. The Balaban J connectivity index is 1.71. The second-order valence-electron chi connectivity index (χ2n) is 7.77. The van der Waals surface area contributed by atoms with Gasteiger partial charge in [0, 0.05) is 12.6 Å². The van der Waals surface area contributed by atoms with Gasteiger partial charge in [0.25, 0.3) is 5.91 Å². The van der Waals surface area contributed by atoms with Crippen LogP contribution >= 0.6 is 0 Å². The van der Waals surface area contributed by atoms with Crippen LogP contribution in [0.2, 0.25) is 0 Å². The molecule has 182 valence electrons. The molecule has 2 heterocycles. The fourth-order valence-electron chi connectivity index (χ4n) is 4.02. The normalized spacial score (nSPS) is 21.0. The van der Waals surface area contributed by atoms with Gasteiger partial charge in [-0.05, 0) is 11.1 Å². The third-order valence-corrected chi connectivity index (χ3v) is 7.31. The van der Waals surface area contributed by atoms with E-state index in [2.05, 4.69) is 10.6 Å².